The number of hydrogen-bond acceptors (Lipinski definition) is 7. The molecule has 1 amide bonds. The maximum atomic E-state index is 12.7. The van der Waals surface area contributed by atoms with E-state index in [2.05, 4.69) is 5.32 Å². The number of esters is 1. The first kappa shape index (κ1) is 26.3. The molecule has 1 aromatic carbocycles. The van der Waals surface area contributed by atoms with Gasteiger partial charge in [-0.2, -0.15) is 0 Å². The highest BCUT2D eigenvalue weighted by molar-refractivity contribution is 5.82. The molecule has 1 atom stereocenters. The molecule has 0 bridgehead atoms. The third kappa shape index (κ3) is 11.9. The van der Waals surface area contributed by atoms with Crippen molar-refractivity contribution in [3.63, 3.8) is 0 Å². The van der Waals surface area contributed by atoms with Gasteiger partial charge in [-0.15, -0.1) is 0 Å². The number of carbonyl (C=O) groups is 3. The van der Waals surface area contributed by atoms with Crippen LogP contribution in [0, 0.1) is 0 Å². The number of ether oxygens (including phenoxy) is 4. The Morgan fingerprint density at radius 3 is 1.90 bits per heavy atom. The lowest BCUT2D eigenvalue weighted by Crippen LogP contribution is -2.47. The molecule has 0 aromatic heterocycles. The van der Waals surface area contributed by atoms with E-state index in [-0.39, 0.29) is 12.2 Å². The maximum Gasteiger partial charge on any atom is 0.514 e. The van der Waals surface area contributed by atoms with Crippen molar-refractivity contribution in [2.45, 2.75) is 91.6 Å². The van der Waals surface area contributed by atoms with Crippen molar-refractivity contribution in [3.8, 4) is 5.75 Å². The van der Waals surface area contributed by atoms with Crippen LogP contribution in [0.25, 0.3) is 0 Å². The van der Waals surface area contributed by atoms with E-state index in [0.29, 0.717) is 5.56 Å². The molecule has 1 N–H and O–H groups in total. The number of carbonyl (C=O) groups excluding carboxylic acids is 3. The average molecular weight is 438 g/mol. The summed E-state index contributed by atoms with van der Waals surface area (Å²) in [5, 5.41) is 2.57. The van der Waals surface area contributed by atoms with Crippen molar-refractivity contribution < 1.29 is 33.3 Å². The molecule has 0 fully saturated rings. The molecule has 0 aliphatic heterocycles. The van der Waals surface area contributed by atoms with Gasteiger partial charge in [-0.1, -0.05) is 12.1 Å². The molecule has 1 aromatic rings. The Morgan fingerprint density at radius 1 is 0.839 bits per heavy atom. The molecular weight excluding hydrogens is 402 g/mol. The highest BCUT2D eigenvalue weighted by Gasteiger charge is 2.29. The van der Waals surface area contributed by atoms with Gasteiger partial charge in [0.05, 0.1) is 0 Å². The molecule has 0 aliphatic rings. The Balaban J connectivity index is 2.98. The molecule has 0 saturated heterocycles. The topological polar surface area (TPSA) is 100 Å². The fraction of sp³-hybridized carbons (Fsp3) is 0.609. The molecule has 0 heterocycles. The lowest BCUT2D eigenvalue weighted by Gasteiger charge is -2.26. The van der Waals surface area contributed by atoms with Gasteiger partial charge in [-0.3, -0.25) is 0 Å². The molecule has 0 radical (unpaired) electrons. The second kappa shape index (κ2) is 10.0. The van der Waals surface area contributed by atoms with Gasteiger partial charge in [0.15, 0.2) is 0 Å². The van der Waals surface area contributed by atoms with Crippen LogP contribution >= 0.6 is 0 Å². The molecule has 0 unspecified atom stereocenters. The number of amides is 1. The van der Waals surface area contributed by atoms with Gasteiger partial charge in [0, 0.05) is 6.42 Å². The fourth-order valence-corrected chi connectivity index (χ4v) is 2.35. The highest BCUT2D eigenvalue weighted by atomic mass is 16.7. The first-order chi connectivity index (χ1) is 13.9. The van der Waals surface area contributed by atoms with E-state index in [4.69, 9.17) is 18.9 Å². The first-order valence-corrected chi connectivity index (χ1v) is 10.2. The second-order valence-corrected chi connectivity index (χ2v) is 10.2. The third-order valence-electron chi connectivity index (χ3n) is 3.31. The van der Waals surface area contributed by atoms with E-state index in [1.807, 2.05) is 0 Å². The molecule has 8 nitrogen and oxygen atoms in total. The Bertz CT molecular complexity index is 782. The molecule has 8 heteroatoms. The summed E-state index contributed by atoms with van der Waals surface area (Å²) in [5.41, 5.74) is -1.49. The zero-order valence-corrected chi connectivity index (χ0v) is 20.0. The standard InChI is InChI=1S/C23H35NO7/c1-21(2,3)29-18(25)17(24-19(26)30-22(4,5)6)14-15-11-10-12-16(13-15)28-20(27)31-23(7,8)9/h10-13,17H,14H2,1-9H3,(H,24,26)/t17-/m0/s1. The van der Waals surface area contributed by atoms with Crippen molar-refractivity contribution in [3.05, 3.63) is 29.8 Å². The van der Waals surface area contributed by atoms with Crippen LogP contribution in [0.15, 0.2) is 24.3 Å². The predicted octanol–water partition coefficient (Wildman–Crippen LogP) is 4.78. The van der Waals surface area contributed by atoms with Gasteiger partial charge in [0.1, 0.15) is 28.6 Å². The van der Waals surface area contributed by atoms with Crippen molar-refractivity contribution in [1.29, 1.82) is 0 Å². The SMILES string of the molecule is CC(C)(C)OC(=O)N[C@@H](Cc1cccc(OC(=O)OC(C)(C)C)c1)C(=O)OC(C)(C)C. The van der Waals surface area contributed by atoms with Crippen LogP contribution in [0.5, 0.6) is 5.75 Å². The lowest BCUT2D eigenvalue weighted by atomic mass is 10.1. The van der Waals surface area contributed by atoms with E-state index >= 15 is 0 Å². The van der Waals surface area contributed by atoms with Crippen molar-refractivity contribution in [2.24, 2.45) is 0 Å². The summed E-state index contributed by atoms with van der Waals surface area (Å²) >= 11 is 0. The average Bonchev–Trinajstić information content (AvgIpc) is 2.49. The summed E-state index contributed by atoms with van der Waals surface area (Å²) in [4.78, 5) is 36.8. The van der Waals surface area contributed by atoms with Crippen molar-refractivity contribution in [1.82, 2.24) is 5.32 Å². The molecule has 1 rings (SSSR count). The monoisotopic (exact) mass is 437 g/mol. The third-order valence-corrected chi connectivity index (χ3v) is 3.31. The smallest absolute Gasteiger partial charge is 0.458 e. The van der Waals surface area contributed by atoms with E-state index in [0.717, 1.165) is 0 Å². The normalized spacial score (nSPS) is 13.1. The summed E-state index contributed by atoms with van der Waals surface area (Å²) in [6.45, 7) is 15.6. The van der Waals surface area contributed by atoms with E-state index in [9.17, 15) is 14.4 Å². The number of rotatable bonds is 5. The first-order valence-electron chi connectivity index (χ1n) is 10.2. The molecule has 0 saturated carbocycles. The Labute approximate surface area is 184 Å². The highest BCUT2D eigenvalue weighted by Crippen LogP contribution is 2.19. The van der Waals surface area contributed by atoms with Gasteiger partial charge >= 0.3 is 18.2 Å². The summed E-state index contributed by atoms with van der Waals surface area (Å²) in [6, 6.07) is 5.62. The predicted molar refractivity (Wildman–Crippen MR) is 116 cm³/mol. The van der Waals surface area contributed by atoms with Crippen LogP contribution in [0.3, 0.4) is 0 Å². The summed E-state index contributed by atoms with van der Waals surface area (Å²) < 4.78 is 21.1. The Morgan fingerprint density at radius 2 is 1.39 bits per heavy atom. The van der Waals surface area contributed by atoms with Gasteiger partial charge in [0.25, 0.3) is 0 Å². The fourth-order valence-electron chi connectivity index (χ4n) is 2.35. The van der Waals surface area contributed by atoms with Crippen LogP contribution in [-0.4, -0.2) is 41.1 Å². The minimum absolute atomic E-state index is 0.111. The number of benzene rings is 1. The Hall–Kier alpha value is -2.77. The van der Waals surface area contributed by atoms with Crippen LogP contribution in [0.4, 0.5) is 9.59 Å². The van der Waals surface area contributed by atoms with Gasteiger partial charge < -0.3 is 24.3 Å². The van der Waals surface area contributed by atoms with Crippen molar-refractivity contribution in [2.75, 3.05) is 0 Å². The van der Waals surface area contributed by atoms with Crippen LogP contribution < -0.4 is 10.1 Å². The minimum atomic E-state index is -0.995. The minimum Gasteiger partial charge on any atom is -0.458 e. The van der Waals surface area contributed by atoms with Crippen LogP contribution in [0.1, 0.15) is 67.9 Å². The molecule has 0 aliphatic carbocycles. The summed E-state index contributed by atoms with van der Waals surface area (Å²) in [6.07, 6.45) is -1.45. The second-order valence-electron chi connectivity index (χ2n) is 10.2. The molecule has 174 valence electrons. The summed E-state index contributed by atoms with van der Waals surface area (Å²) in [7, 11) is 0. The van der Waals surface area contributed by atoms with E-state index in [1.165, 1.54) is 0 Å². The quantitative estimate of drug-likeness (QED) is 0.402. The molecule has 0 spiro atoms. The lowest BCUT2D eigenvalue weighted by molar-refractivity contribution is -0.157. The molecular formula is C23H35NO7. The summed E-state index contributed by atoms with van der Waals surface area (Å²) in [5.74, 6) is -0.344. The zero-order valence-electron chi connectivity index (χ0n) is 20.0. The van der Waals surface area contributed by atoms with Gasteiger partial charge in [0.2, 0.25) is 0 Å². The van der Waals surface area contributed by atoms with E-state index in [1.54, 1.807) is 86.6 Å². The van der Waals surface area contributed by atoms with Crippen molar-refractivity contribution >= 4 is 18.2 Å². The maximum absolute atomic E-state index is 12.7. The van der Waals surface area contributed by atoms with Crippen LogP contribution in [0.2, 0.25) is 0 Å². The largest absolute Gasteiger partial charge is 0.514 e. The van der Waals surface area contributed by atoms with Gasteiger partial charge in [-0.25, -0.2) is 14.4 Å². The zero-order chi connectivity index (χ0) is 24.0. The van der Waals surface area contributed by atoms with Crippen LogP contribution in [-0.2, 0) is 25.4 Å². The Kier molecular flexibility index (Phi) is 8.49. The molecule has 31 heavy (non-hydrogen) atoms. The van der Waals surface area contributed by atoms with E-state index < -0.39 is 41.1 Å². The van der Waals surface area contributed by atoms with Gasteiger partial charge in [-0.05, 0) is 80.0 Å². The number of hydrogen-bond donors (Lipinski definition) is 1. The number of alkyl carbamates (subject to hydrolysis) is 1. The number of nitrogens with one attached hydrogen (secondary N) is 1.